The van der Waals surface area contributed by atoms with Crippen LogP contribution in [0.2, 0.25) is 0 Å². The molecular formula is C12H21N2O4+. The number of nitrogens with one attached hydrogen (secondary N) is 2. The molecule has 102 valence electrons. The van der Waals surface area contributed by atoms with Crippen LogP contribution in [0.5, 0.6) is 11.5 Å². The predicted molar refractivity (Wildman–Crippen MR) is 66.4 cm³/mol. The molecule has 0 fully saturated rings. The van der Waals surface area contributed by atoms with Gasteiger partial charge in [-0.3, -0.25) is 5.01 Å². The number of aromatic hydroxyl groups is 1. The van der Waals surface area contributed by atoms with E-state index in [0.29, 0.717) is 30.9 Å². The van der Waals surface area contributed by atoms with E-state index >= 15 is 0 Å². The van der Waals surface area contributed by atoms with Crippen molar-refractivity contribution in [3.63, 3.8) is 0 Å². The van der Waals surface area contributed by atoms with Crippen molar-refractivity contribution < 1.29 is 25.1 Å². The van der Waals surface area contributed by atoms with E-state index in [2.05, 4.69) is 5.43 Å². The van der Waals surface area contributed by atoms with Gasteiger partial charge in [-0.1, -0.05) is 12.1 Å². The van der Waals surface area contributed by atoms with Gasteiger partial charge in [0.15, 0.2) is 11.5 Å². The molecule has 0 spiro atoms. The predicted octanol–water partition coefficient (Wildman–Crippen LogP) is -1.73. The number of hydrogen-bond donors (Lipinski definition) is 5. The molecular weight excluding hydrogens is 236 g/mol. The highest BCUT2D eigenvalue weighted by Gasteiger charge is 2.11. The Balaban J connectivity index is 2.61. The maximum atomic E-state index is 9.89. The van der Waals surface area contributed by atoms with Crippen molar-refractivity contribution >= 4 is 0 Å². The molecule has 1 aromatic rings. The van der Waals surface area contributed by atoms with Crippen LogP contribution in [0.1, 0.15) is 5.56 Å². The van der Waals surface area contributed by atoms with Gasteiger partial charge in [-0.2, -0.15) is 5.43 Å². The summed E-state index contributed by atoms with van der Waals surface area (Å²) in [6.45, 7) is 1.48. The van der Waals surface area contributed by atoms with Gasteiger partial charge < -0.3 is 20.1 Å². The molecule has 6 heteroatoms. The summed E-state index contributed by atoms with van der Waals surface area (Å²) in [5.74, 6) is 0.542. The second kappa shape index (κ2) is 7.88. The standard InChI is InChI=1S/C12H20N2O4/c1-18-11-4-2-3-10(12(11)17)9-13-14(5-7-15)6-8-16/h2-4,13,15-17H,5-9H2,1H3/p+1. The van der Waals surface area contributed by atoms with Crippen LogP contribution in [0, 0.1) is 0 Å². The number of phenolic OH excluding ortho intramolecular Hbond substituents is 1. The number of hydrogen-bond acceptors (Lipinski definition) is 5. The minimum atomic E-state index is 0.0342. The van der Waals surface area contributed by atoms with E-state index in [0.717, 1.165) is 5.01 Å². The maximum absolute atomic E-state index is 9.89. The lowest BCUT2D eigenvalue weighted by atomic mass is 10.2. The molecule has 0 heterocycles. The molecule has 0 aliphatic heterocycles. The normalized spacial score (nSPS) is 10.9. The molecule has 0 saturated heterocycles. The molecule has 0 saturated carbocycles. The van der Waals surface area contributed by atoms with E-state index in [4.69, 9.17) is 14.9 Å². The summed E-state index contributed by atoms with van der Waals surface area (Å²) in [7, 11) is 1.50. The Morgan fingerprint density at radius 1 is 1.22 bits per heavy atom. The van der Waals surface area contributed by atoms with E-state index in [1.807, 2.05) is 0 Å². The van der Waals surface area contributed by atoms with Crippen LogP contribution in [0.3, 0.4) is 0 Å². The van der Waals surface area contributed by atoms with Crippen molar-refractivity contribution in [2.24, 2.45) is 0 Å². The molecule has 0 aromatic heterocycles. The van der Waals surface area contributed by atoms with Gasteiger partial charge >= 0.3 is 0 Å². The van der Waals surface area contributed by atoms with Crippen LogP contribution >= 0.6 is 0 Å². The SMILES string of the molecule is COc1cccc(CN[NH+](CCO)CCO)c1O. The molecule has 0 radical (unpaired) electrons. The van der Waals surface area contributed by atoms with Crippen LogP contribution < -0.4 is 15.2 Å². The van der Waals surface area contributed by atoms with Gasteiger partial charge in [-0.15, -0.1) is 0 Å². The first-order valence-corrected chi connectivity index (χ1v) is 5.88. The fourth-order valence-corrected chi connectivity index (χ4v) is 1.67. The van der Waals surface area contributed by atoms with Crippen molar-refractivity contribution in [3.05, 3.63) is 23.8 Å². The molecule has 0 unspecified atom stereocenters. The number of para-hydroxylation sites is 1. The highest BCUT2D eigenvalue weighted by Crippen LogP contribution is 2.28. The van der Waals surface area contributed by atoms with Crippen LogP contribution in [0.15, 0.2) is 18.2 Å². The zero-order valence-electron chi connectivity index (χ0n) is 10.5. The van der Waals surface area contributed by atoms with Crippen LogP contribution in [0.25, 0.3) is 0 Å². The monoisotopic (exact) mass is 257 g/mol. The topological polar surface area (TPSA) is 86.4 Å². The Labute approximate surface area is 106 Å². The molecule has 0 bridgehead atoms. The first kappa shape index (κ1) is 14.7. The number of rotatable bonds is 8. The number of aliphatic hydroxyl groups excluding tert-OH is 2. The first-order chi connectivity index (χ1) is 8.72. The van der Waals surface area contributed by atoms with Crippen molar-refractivity contribution in [3.8, 4) is 11.5 Å². The lowest BCUT2D eigenvalue weighted by Gasteiger charge is -2.18. The van der Waals surface area contributed by atoms with E-state index < -0.39 is 0 Å². The van der Waals surface area contributed by atoms with Crippen molar-refractivity contribution in [1.29, 1.82) is 0 Å². The zero-order valence-corrected chi connectivity index (χ0v) is 10.5. The Morgan fingerprint density at radius 3 is 2.44 bits per heavy atom. The van der Waals surface area contributed by atoms with E-state index in [-0.39, 0.29) is 19.0 Å². The number of benzene rings is 1. The number of quaternary nitrogens is 1. The summed E-state index contributed by atoms with van der Waals surface area (Å²) >= 11 is 0. The Morgan fingerprint density at radius 2 is 1.89 bits per heavy atom. The van der Waals surface area contributed by atoms with E-state index in [1.54, 1.807) is 18.2 Å². The summed E-state index contributed by atoms with van der Waals surface area (Å²) in [6, 6.07) is 5.28. The van der Waals surface area contributed by atoms with Gasteiger partial charge in [0.05, 0.1) is 26.9 Å². The second-order valence-electron chi connectivity index (χ2n) is 3.87. The van der Waals surface area contributed by atoms with Crippen LogP contribution in [0.4, 0.5) is 0 Å². The molecule has 0 aliphatic carbocycles. The third-order valence-electron chi connectivity index (χ3n) is 2.66. The largest absolute Gasteiger partial charge is 0.504 e. The number of methoxy groups -OCH3 is 1. The van der Waals surface area contributed by atoms with Crippen LogP contribution in [-0.4, -0.2) is 48.7 Å². The average molecular weight is 257 g/mol. The summed E-state index contributed by atoms with van der Waals surface area (Å²) in [5, 5.41) is 28.5. The molecule has 0 atom stereocenters. The van der Waals surface area contributed by atoms with Gasteiger partial charge in [0, 0.05) is 5.56 Å². The van der Waals surface area contributed by atoms with Gasteiger partial charge in [0.25, 0.3) is 0 Å². The zero-order chi connectivity index (χ0) is 13.4. The quantitative estimate of drug-likeness (QED) is 0.358. The summed E-state index contributed by atoms with van der Waals surface area (Å²) in [6.07, 6.45) is 0. The van der Waals surface area contributed by atoms with Gasteiger partial charge in [-0.05, 0) is 6.07 Å². The average Bonchev–Trinajstić information content (AvgIpc) is 2.38. The minimum Gasteiger partial charge on any atom is -0.504 e. The van der Waals surface area contributed by atoms with Gasteiger partial charge in [0.1, 0.15) is 13.1 Å². The summed E-state index contributed by atoms with van der Waals surface area (Å²) in [5.41, 5.74) is 3.82. The summed E-state index contributed by atoms with van der Waals surface area (Å²) in [4.78, 5) is 0. The second-order valence-corrected chi connectivity index (χ2v) is 3.87. The Kier molecular flexibility index (Phi) is 6.45. The fourth-order valence-electron chi connectivity index (χ4n) is 1.67. The van der Waals surface area contributed by atoms with Gasteiger partial charge in [0.2, 0.25) is 0 Å². The Bertz CT molecular complexity index is 354. The highest BCUT2D eigenvalue weighted by atomic mass is 16.5. The smallest absolute Gasteiger partial charge is 0.162 e. The summed E-state index contributed by atoms with van der Waals surface area (Å²) < 4.78 is 5.02. The molecule has 0 aliphatic rings. The van der Waals surface area contributed by atoms with E-state index in [9.17, 15) is 5.11 Å². The number of phenols is 1. The number of ether oxygens (including phenoxy) is 1. The molecule has 6 nitrogen and oxygen atoms in total. The van der Waals surface area contributed by atoms with E-state index in [1.165, 1.54) is 7.11 Å². The Hall–Kier alpha value is -1.34. The van der Waals surface area contributed by atoms with Crippen LogP contribution in [-0.2, 0) is 6.54 Å². The van der Waals surface area contributed by atoms with Crippen molar-refractivity contribution in [2.45, 2.75) is 6.54 Å². The molecule has 18 heavy (non-hydrogen) atoms. The third kappa shape index (κ3) is 4.15. The first-order valence-electron chi connectivity index (χ1n) is 5.88. The lowest BCUT2D eigenvalue weighted by Crippen LogP contribution is -3.19. The molecule has 1 rings (SSSR count). The van der Waals surface area contributed by atoms with Crippen molar-refractivity contribution in [1.82, 2.24) is 5.43 Å². The lowest BCUT2D eigenvalue weighted by molar-refractivity contribution is -0.947. The number of aliphatic hydroxyl groups is 2. The van der Waals surface area contributed by atoms with Crippen molar-refractivity contribution in [2.75, 3.05) is 33.4 Å². The fraction of sp³-hybridized carbons (Fsp3) is 0.500. The molecule has 1 aromatic carbocycles. The maximum Gasteiger partial charge on any atom is 0.162 e. The minimum absolute atomic E-state index is 0.0342. The highest BCUT2D eigenvalue weighted by molar-refractivity contribution is 5.45. The molecule has 5 N–H and O–H groups in total. The van der Waals surface area contributed by atoms with Gasteiger partial charge in [-0.25, -0.2) is 0 Å². The molecule has 0 amide bonds. The third-order valence-corrected chi connectivity index (χ3v) is 2.66.